The molecule has 3 aromatic rings. The molecule has 2 aromatic heterocycles. The average molecular weight is 467 g/mol. The molecule has 0 aliphatic rings. The van der Waals surface area contributed by atoms with Crippen LogP contribution in [0.15, 0.2) is 57.0 Å². The van der Waals surface area contributed by atoms with Gasteiger partial charge < -0.3 is 9.88 Å². The van der Waals surface area contributed by atoms with Gasteiger partial charge in [-0.2, -0.15) is 0 Å². The number of benzene rings is 1. The van der Waals surface area contributed by atoms with Gasteiger partial charge in [0.25, 0.3) is 5.56 Å². The molecule has 3 rings (SSSR count). The Balaban J connectivity index is 1.81. The van der Waals surface area contributed by atoms with E-state index in [-0.39, 0.29) is 29.4 Å². The molecule has 0 atom stereocenters. The Labute approximate surface area is 195 Å². The van der Waals surface area contributed by atoms with Crippen LogP contribution in [0.5, 0.6) is 0 Å². The molecular weight excluding hydrogens is 444 g/mol. The lowest BCUT2D eigenvalue weighted by Gasteiger charge is -2.13. The highest BCUT2D eigenvalue weighted by Crippen LogP contribution is 2.16. The van der Waals surface area contributed by atoms with Gasteiger partial charge in [0, 0.05) is 38.3 Å². The van der Waals surface area contributed by atoms with Crippen molar-refractivity contribution in [1.82, 2.24) is 13.7 Å². The van der Waals surface area contributed by atoms with Gasteiger partial charge in [0.15, 0.2) is 0 Å². The smallest absolute Gasteiger partial charge is 0.319 e. The standard InChI is InChI=1S/C24H23ClN4O4/c1-16-6-8-17(9-7-16)10-12-19(30)26-21-22(25)29(24(33)28(3)23(21)32)14-4-5-18-11-13-20(31)27(2)15-18/h6-9,11,13,15H,10,12,14H2,1-3H3,(H,26,30). The van der Waals surface area contributed by atoms with E-state index in [2.05, 4.69) is 17.2 Å². The molecule has 1 N–H and O–H groups in total. The molecule has 0 aliphatic carbocycles. The number of rotatable bonds is 5. The largest absolute Gasteiger partial charge is 0.332 e. The minimum absolute atomic E-state index is 0.110. The van der Waals surface area contributed by atoms with Gasteiger partial charge in [-0.15, -0.1) is 0 Å². The number of halogens is 1. The zero-order valence-corrected chi connectivity index (χ0v) is 19.3. The maximum atomic E-state index is 12.6. The lowest BCUT2D eigenvalue weighted by Crippen LogP contribution is -2.40. The first-order chi connectivity index (χ1) is 15.7. The maximum absolute atomic E-state index is 12.6. The highest BCUT2D eigenvalue weighted by Gasteiger charge is 2.17. The molecule has 0 spiro atoms. The van der Waals surface area contributed by atoms with Gasteiger partial charge in [0.05, 0.1) is 6.54 Å². The molecule has 0 bridgehead atoms. The second-order valence-electron chi connectivity index (χ2n) is 7.60. The maximum Gasteiger partial charge on any atom is 0.332 e. The lowest BCUT2D eigenvalue weighted by atomic mass is 10.1. The predicted octanol–water partition coefficient (Wildman–Crippen LogP) is 1.83. The van der Waals surface area contributed by atoms with Crippen LogP contribution in [0.2, 0.25) is 5.15 Å². The Kier molecular flexibility index (Phi) is 7.36. The van der Waals surface area contributed by atoms with E-state index >= 15 is 0 Å². The van der Waals surface area contributed by atoms with E-state index < -0.39 is 17.2 Å². The molecule has 0 saturated carbocycles. The van der Waals surface area contributed by atoms with E-state index in [1.807, 2.05) is 31.2 Å². The number of pyridine rings is 1. The van der Waals surface area contributed by atoms with Crippen LogP contribution in [0, 0.1) is 18.8 Å². The summed E-state index contributed by atoms with van der Waals surface area (Å²) in [7, 11) is 2.91. The molecule has 2 heterocycles. The van der Waals surface area contributed by atoms with Crippen molar-refractivity contribution in [3.05, 3.63) is 95.6 Å². The number of anilines is 1. The monoisotopic (exact) mass is 466 g/mol. The van der Waals surface area contributed by atoms with Gasteiger partial charge >= 0.3 is 5.69 Å². The fourth-order valence-electron chi connectivity index (χ4n) is 3.09. The van der Waals surface area contributed by atoms with Crippen molar-refractivity contribution in [2.45, 2.75) is 26.3 Å². The van der Waals surface area contributed by atoms with Gasteiger partial charge in [0.1, 0.15) is 10.8 Å². The number of hydrogen-bond acceptors (Lipinski definition) is 4. The van der Waals surface area contributed by atoms with E-state index in [0.29, 0.717) is 12.0 Å². The van der Waals surface area contributed by atoms with E-state index in [4.69, 9.17) is 11.6 Å². The van der Waals surface area contributed by atoms with Crippen LogP contribution in [0.4, 0.5) is 5.69 Å². The average Bonchev–Trinajstić information content (AvgIpc) is 2.79. The van der Waals surface area contributed by atoms with Crippen molar-refractivity contribution in [2.75, 3.05) is 5.32 Å². The van der Waals surface area contributed by atoms with Gasteiger partial charge in [-0.05, 0) is 25.0 Å². The van der Waals surface area contributed by atoms with Gasteiger partial charge in [-0.25, -0.2) is 4.79 Å². The van der Waals surface area contributed by atoms with Crippen LogP contribution < -0.4 is 22.1 Å². The number of carbonyl (C=O) groups is 1. The first kappa shape index (κ1) is 23.8. The third kappa shape index (κ3) is 5.70. The second kappa shape index (κ2) is 10.2. The molecule has 9 heteroatoms. The second-order valence-corrected chi connectivity index (χ2v) is 7.96. The van der Waals surface area contributed by atoms with E-state index in [1.54, 1.807) is 19.3 Å². The molecule has 0 aliphatic heterocycles. The fraction of sp³-hybridized carbons (Fsp3) is 0.250. The van der Waals surface area contributed by atoms with Crippen LogP contribution >= 0.6 is 11.6 Å². The SMILES string of the molecule is Cc1ccc(CCC(=O)Nc2c(Cl)n(CC#Cc3ccc(=O)n(C)c3)c(=O)n(C)c2=O)cc1. The third-order valence-electron chi connectivity index (χ3n) is 5.06. The van der Waals surface area contributed by atoms with Crippen LogP contribution in [-0.4, -0.2) is 19.6 Å². The zero-order valence-electron chi connectivity index (χ0n) is 18.5. The minimum Gasteiger partial charge on any atom is -0.319 e. The Morgan fingerprint density at radius 3 is 2.42 bits per heavy atom. The highest BCUT2D eigenvalue weighted by molar-refractivity contribution is 6.32. The molecule has 1 aromatic carbocycles. The molecule has 0 saturated heterocycles. The van der Waals surface area contributed by atoms with Crippen LogP contribution in [0.25, 0.3) is 0 Å². The number of aryl methyl sites for hydroxylation is 3. The molecular formula is C24H23ClN4O4. The summed E-state index contributed by atoms with van der Waals surface area (Å²) < 4.78 is 3.36. The van der Waals surface area contributed by atoms with E-state index in [1.165, 1.54) is 17.7 Å². The summed E-state index contributed by atoms with van der Waals surface area (Å²) in [5.41, 5.74) is 1.01. The van der Waals surface area contributed by atoms with Crippen LogP contribution in [0.1, 0.15) is 23.1 Å². The number of carbonyl (C=O) groups excluding carboxylic acids is 1. The van der Waals surface area contributed by atoms with Crippen molar-refractivity contribution >= 4 is 23.2 Å². The van der Waals surface area contributed by atoms with Crippen LogP contribution in [0.3, 0.4) is 0 Å². The van der Waals surface area contributed by atoms with Gasteiger partial charge in [-0.1, -0.05) is 53.3 Å². The highest BCUT2D eigenvalue weighted by atomic mass is 35.5. The summed E-state index contributed by atoms with van der Waals surface area (Å²) in [6.45, 7) is 1.87. The van der Waals surface area contributed by atoms with Gasteiger partial charge in [-0.3, -0.25) is 23.5 Å². The summed E-state index contributed by atoms with van der Waals surface area (Å²) in [5.74, 6) is 5.27. The molecule has 0 fully saturated rings. The topological polar surface area (TPSA) is 95.1 Å². The summed E-state index contributed by atoms with van der Waals surface area (Å²) in [6.07, 6.45) is 2.21. The minimum atomic E-state index is -0.698. The van der Waals surface area contributed by atoms with Crippen molar-refractivity contribution in [1.29, 1.82) is 0 Å². The van der Waals surface area contributed by atoms with Crippen molar-refractivity contribution in [3.8, 4) is 11.8 Å². The lowest BCUT2D eigenvalue weighted by molar-refractivity contribution is -0.116. The Hall–Kier alpha value is -3.83. The van der Waals surface area contributed by atoms with E-state index in [9.17, 15) is 19.2 Å². The Morgan fingerprint density at radius 1 is 1.06 bits per heavy atom. The molecule has 33 heavy (non-hydrogen) atoms. The van der Waals surface area contributed by atoms with Gasteiger partial charge in [0.2, 0.25) is 11.5 Å². The normalized spacial score (nSPS) is 10.4. The number of nitrogens with one attached hydrogen (secondary N) is 1. The first-order valence-electron chi connectivity index (χ1n) is 10.2. The van der Waals surface area contributed by atoms with E-state index in [0.717, 1.165) is 20.3 Å². The third-order valence-corrected chi connectivity index (χ3v) is 5.45. The first-order valence-corrected chi connectivity index (χ1v) is 10.6. The molecule has 0 radical (unpaired) electrons. The predicted molar refractivity (Wildman–Crippen MR) is 128 cm³/mol. The van der Waals surface area contributed by atoms with Crippen molar-refractivity contribution in [3.63, 3.8) is 0 Å². The Bertz CT molecular complexity index is 1440. The van der Waals surface area contributed by atoms with Crippen molar-refractivity contribution in [2.24, 2.45) is 14.1 Å². The quantitative estimate of drug-likeness (QED) is 0.458. The zero-order chi connectivity index (χ0) is 24.1. The summed E-state index contributed by atoms with van der Waals surface area (Å²) in [6, 6.07) is 10.8. The molecule has 1 amide bonds. The molecule has 0 unspecified atom stereocenters. The summed E-state index contributed by atoms with van der Waals surface area (Å²) in [4.78, 5) is 49.0. The summed E-state index contributed by atoms with van der Waals surface area (Å²) in [5, 5.41) is 2.35. The Morgan fingerprint density at radius 2 is 1.76 bits per heavy atom. The molecule has 8 nitrogen and oxygen atoms in total. The number of nitrogens with zero attached hydrogens (tertiary/aromatic N) is 3. The fourth-order valence-corrected chi connectivity index (χ4v) is 3.35. The number of aromatic nitrogens is 3. The number of amides is 1. The molecule has 170 valence electrons. The van der Waals surface area contributed by atoms with Crippen LogP contribution in [-0.2, 0) is 31.9 Å². The van der Waals surface area contributed by atoms with Crippen molar-refractivity contribution < 1.29 is 4.79 Å². The number of hydrogen-bond donors (Lipinski definition) is 1. The summed E-state index contributed by atoms with van der Waals surface area (Å²) >= 11 is 6.32.